The molecule has 1 aromatic carbocycles. The van der Waals surface area contributed by atoms with E-state index >= 15 is 0 Å². The number of carboxylic acids is 1. The summed E-state index contributed by atoms with van der Waals surface area (Å²) < 4.78 is 5.73. The lowest BCUT2D eigenvalue weighted by Crippen LogP contribution is -2.12. The third-order valence-electron chi connectivity index (χ3n) is 1.99. The highest BCUT2D eigenvalue weighted by molar-refractivity contribution is 9.10. The van der Waals surface area contributed by atoms with Crippen molar-refractivity contribution in [2.75, 3.05) is 25.1 Å². The predicted octanol–water partition coefficient (Wildman–Crippen LogP) is 2.60. The summed E-state index contributed by atoms with van der Waals surface area (Å²) in [5.74, 6) is -0.952. The van der Waals surface area contributed by atoms with E-state index in [1.807, 2.05) is 6.92 Å². The number of nitrogens with one attached hydrogen (secondary N) is 1. The minimum absolute atomic E-state index is 0.249. The molecule has 1 rings (SSSR count). The van der Waals surface area contributed by atoms with Crippen LogP contribution in [0.25, 0.3) is 0 Å². The number of halogens is 1. The van der Waals surface area contributed by atoms with Crippen LogP contribution in [-0.2, 0) is 4.74 Å². The minimum Gasteiger partial charge on any atom is -0.478 e. The lowest BCUT2D eigenvalue weighted by Gasteiger charge is -2.10. The molecule has 0 spiro atoms. The molecule has 4 nitrogen and oxygen atoms in total. The highest BCUT2D eigenvalue weighted by Gasteiger charge is 2.13. The molecule has 0 saturated carbocycles. The summed E-state index contributed by atoms with van der Waals surface area (Å²) in [6, 6.07) is 5.23. The Labute approximate surface area is 103 Å². The first-order valence-corrected chi connectivity index (χ1v) is 5.79. The second-order valence-corrected chi connectivity index (χ2v) is 3.95. The van der Waals surface area contributed by atoms with Gasteiger partial charge in [-0.05, 0) is 35.0 Å². The zero-order valence-electron chi connectivity index (χ0n) is 9.00. The van der Waals surface area contributed by atoms with E-state index in [1.165, 1.54) is 0 Å². The third kappa shape index (κ3) is 3.50. The number of hydrogen-bond acceptors (Lipinski definition) is 3. The summed E-state index contributed by atoms with van der Waals surface area (Å²) in [5.41, 5.74) is 0.848. The Morgan fingerprint density at radius 3 is 2.94 bits per heavy atom. The van der Waals surface area contributed by atoms with Gasteiger partial charge < -0.3 is 15.2 Å². The van der Waals surface area contributed by atoms with Crippen LogP contribution < -0.4 is 5.32 Å². The zero-order chi connectivity index (χ0) is 12.0. The molecule has 0 aliphatic carbocycles. The molecule has 0 heterocycles. The number of carboxylic acid groups (broad SMARTS) is 1. The van der Waals surface area contributed by atoms with Gasteiger partial charge in [0, 0.05) is 23.3 Å². The van der Waals surface area contributed by atoms with Gasteiger partial charge in [-0.2, -0.15) is 0 Å². The molecule has 0 bridgehead atoms. The Morgan fingerprint density at radius 1 is 1.56 bits per heavy atom. The third-order valence-corrected chi connectivity index (χ3v) is 2.65. The number of rotatable bonds is 6. The van der Waals surface area contributed by atoms with Gasteiger partial charge in [-0.3, -0.25) is 0 Å². The van der Waals surface area contributed by atoms with Crippen molar-refractivity contribution in [3.8, 4) is 0 Å². The number of anilines is 1. The van der Waals surface area contributed by atoms with Gasteiger partial charge in [-0.25, -0.2) is 4.79 Å². The molecule has 0 aliphatic rings. The smallest absolute Gasteiger partial charge is 0.338 e. The van der Waals surface area contributed by atoms with Gasteiger partial charge in [-0.1, -0.05) is 6.07 Å². The Bertz CT molecular complexity index is 368. The van der Waals surface area contributed by atoms with E-state index in [-0.39, 0.29) is 5.56 Å². The topological polar surface area (TPSA) is 58.6 Å². The molecule has 0 saturated heterocycles. The maximum Gasteiger partial charge on any atom is 0.338 e. The Kier molecular flexibility index (Phi) is 5.28. The second kappa shape index (κ2) is 6.50. The molecule has 0 amide bonds. The molecule has 0 aliphatic heterocycles. The molecule has 88 valence electrons. The van der Waals surface area contributed by atoms with Crippen molar-refractivity contribution in [2.24, 2.45) is 0 Å². The second-order valence-electron chi connectivity index (χ2n) is 3.09. The summed E-state index contributed by atoms with van der Waals surface area (Å²) in [6.45, 7) is 3.72. The number of hydrogen-bond donors (Lipinski definition) is 2. The van der Waals surface area contributed by atoms with Crippen LogP contribution in [0.5, 0.6) is 0 Å². The number of carbonyl (C=O) groups is 1. The quantitative estimate of drug-likeness (QED) is 0.790. The van der Waals surface area contributed by atoms with Crippen LogP contribution in [0.4, 0.5) is 5.69 Å². The maximum absolute atomic E-state index is 11.0. The molecular formula is C11H14BrNO3. The van der Waals surface area contributed by atoms with E-state index in [4.69, 9.17) is 9.84 Å². The summed E-state index contributed by atoms with van der Waals surface area (Å²) in [7, 11) is 0. The van der Waals surface area contributed by atoms with Gasteiger partial charge in [0.15, 0.2) is 0 Å². The molecule has 5 heteroatoms. The van der Waals surface area contributed by atoms with Crippen LogP contribution in [0.1, 0.15) is 17.3 Å². The van der Waals surface area contributed by atoms with E-state index in [9.17, 15) is 4.79 Å². The molecule has 16 heavy (non-hydrogen) atoms. The van der Waals surface area contributed by atoms with Gasteiger partial charge >= 0.3 is 5.97 Å². The van der Waals surface area contributed by atoms with Crippen LogP contribution in [0.15, 0.2) is 22.7 Å². The standard InChI is InChI=1S/C11H14BrNO3/c1-2-16-7-6-13-9-5-3-4-8(12)10(9)11(14)15/h3-5,13H,2,6-7H2,1H3,(H,14,15). The minimum atomic E-state index is -0.952. The Morgan fingerprint density at radius 2 is 2.31 bits per heavy atom. The van der Waals surface area contributed by atoms with E-state index < -0.39 is 5.97 Å². The van der Waals surface area contributed by atoms with Gasteiger partial charge in [-0.15, -0.1) is 0 Å². The Balaban J connectivity index is 2.71. The van der Waals surface area contributed by atoms with Crippen molar-refractivity contribution in [1.82, 2.24) is 0 Å². The summed E-state index contributed by atoms with van der Waals surface area (Å²) in [6.07, 6.45) is 0. The number of ether oxygens (including phenoxy) is 1. The van der Waals surface area contributed by atoms with Crippen LogP contribution in [-0.4, -0.2) is 30.8 Å². The largest absolute Gasteiger partial charge is 0.478 e. The Hall–Kier alpha value is -1.07. The lowest BCUT2D eigenvalue weighted by atomic mass is 10.2. The van der Waals surface area contributed by atoms with E-state index in [0.29, 0.717) is 29.9 Å². The highest BCUT2D eigenvalue weighted by atomic mass is 79.9. The van der Waals surface area contributed by atoms with Crippen molar-refractivity contribution in [3.63, 3.8) is 0 Å². The molecule has 0 radical (unpaired) electrons. The monoisotopic (exact) mass is 287 g/mol. The molecule has 0 unspecified atom stereocenters. The molecule has 2 N–H and O–H groups in total. The predicted molar refractivity (Wildman–Crippen MR) is 66.1 cm³/mol. The summed E-state index contributed by atoms with van der Waals surface area (Å²) in [4.78, 5) is 11.0. The summed E-state index contributed by atoms with van der Waals surface area (Å²) >= 11 is 3.22. The van der Waals surface area contributed by atoms with Crippen molar-refractivity contribution in [2.45, 2.75) is 6.92 Å². The zero-order valence-corrected chi connectivity index (χ0v) is 10.6. The molecule has 0 atom stereocenters. The van der Waals surface area contributed by atoms with E-state index in [1.54, 1.807) is 18.2 Å². The molecule has 0 aromatic heterocycles. The van der Waals surface area contributed by atoms with Crippen LogP contribution in [0.3, 0.4) is 0 Å². The van der Waals surface area contributed by atoms with Gasteiger partial charge in [0.1, 0.15) is 0 Å². The fourth-order valence-corrected chi connectivity index (χ4v) is 1.83. The van der Waals surface area contributed by atoms with Gasteiger partial charge in [0.2, 0.25) is 0 Å². The first kappa shape index (κ1) is 13.0. The van der Waals surface area contributed by atoms with Crippen LogP contribution in [0, 0.1) is 0 Å². The number of benzene rings is 1. The summed E-state index contributed by atoms with van der Waals surface area (Å²) in [5, 5.41) is 12.1. The van der Waals surface area contributed by atoms with Crippen LogP contribution >= 0.6 is 15.9 Å². The van der Waals surface area contributed by atoms with Crippen molar-refractivity contribution in [1.29, 1.82) is 0 Å². The fraction of sp³-hybridized carbons (Fsp3) is 0.364. The first-order chi connectivity index (χ1) is 7.66. The highest BCUT2D eigenvalue weighted by Crippen LogP contribution is 2.24. The molecule has 1 aromatic rings. The van der Waals surface area contributed by atoms with Gasteiger partial charge in [0.05, 0.1) is 12.2 Å². The first-order valence-electron chi connectivity index (χ1n) is 5.00. The molecular weight excluding hydrogens is 274 g/mol. The average Bonchev–Trinajstić information content (AvgIpc) is 2.24. The fourth-order valence-electron chi connectivity index (χ4n) is 1.29. The normalized spacial score (nSPS) is 10.1. The maximum atomic E-state index is 11.0. The lowest BCUT2D eigenvalue weighted by molar-refractivity contribution is 0.0697. The molecule has 0 fully saturated rings. The van der Waals surface area contributed by atoms with Crippen molar-refractivity contribution >= 4 is 27.6 Å². The van der Waals surface area contributed by atoms with Crippen molar-refractivity contribution < 1.29 is 14.6 Å². The number of aromatic carboxylic acids is 1. The van der Waals surface area contributed by atoms with Gasteiger partial charge in [0.25, 0.3) is 0 Å². The van der Waals surface area contributed by atoms with E-state index in [2.05, 4.69) is 21.2 Å². The van der Waals surface area contributed by atoms with Crippen molar-refractivity contribution in [3.05, 3.63) is 28.2 Å². The average molecular weight is 288 g/mol. The van der Waals surface area contributed by atoms with Crippen LogP contribution in [0.2, 0.25) is 0 Å². The SMILES string of the molecule is CCOCCNc1cccc(Br)c1C(=O)O. The van der Waals surface area contributed by atoms with E-state index in [0.717, 1.165) is 0 Å².